The molecule has 3 nitrogen and oxygen atoms in total. The average Bonchev–Trinajstić information content (AvgIpc) is 2.43. The molecule has 3 unspecified atom stereocenters. The van der Waals surface area contributed by atoms with Gasteiger partial charge in [0.25, 0.3) is 0 Å². The lowest BCUT2D eigenvalue weighted by molar-refractivity contribution is 0.0153. The predicted octanol–water partition coefficient (Wildman–Crippen LogP) is 3.57. The normalized spacial score (nSPS) is 16.2. The van der Waals surface area contributed by atoms with E-state index in [0.29, 0.717) is 12.5 Å². The molecule has 0 aromatic rings. The highest BCUT2D eigenvalue weighted by atomic mass is 16.5. The summed E-state index contributed by atoms with van der Waals surface area (Å²) in [5, 5.41) is 9.70. The zero-order valence-corrected chi connectivity index (χ0v) is 13.5. The summed E-state index contributed by atoms with van der Waals surface area (Å²) in [4.78, 5) is 0. The van der Waals surface area contributed by atoms with Crippen molar-refractivity contribution in [2.45, 2.75) is 77.0 Å². The number of aliphatic hydroxyl groups excluding tert-OH is 1. The monoisotopic (exact) mass is 283 g/mol. The van der Waals surface area contributed by atoms with Crippen molar-refractivity contribution in [2.24, 2.45) is 5.73 Å². The Labute approximate surface area is 124 Å². The van der Waals surface area contributed by atoms with E-state index in [2.05, 4.69) is 19.6 Å². The second kappa shape index (κ2) is 12.1. The van der Waals surface area contributed by atoms with Gasteiger partial charge in [0.1, 0.15) is 6.10 Å². The van der Waals surface area contributed by atoms with Gasteiger partial charge in [-0.05, 0) is 45.4 Å². The van der Waals surface area contributed by atoms with Gasteiger partial charge in [-0.15, -0.1) is 6.58 Å². The Morgan fingerprint density at radius 1 is 1.35 bits per heavy atom. The van der Waals surface area contributed by atoms with E-state index in [-0.39, 0.29) is 6.10 Å². The summed E-state index contributed by atoms with van der Waals surface area (Å²) in [6.45, 7) is 7.90. The molecule has 0 aromatic heterocycles. The Morgan fingerprint density at radius 3 is 2.60 bits per heavy atom. The molecule has 3 heteroatoms. The van der Waals surface area contributed by atoms with Gasteiger partial charge in [-0.3, -0.25) is 0 Å². The molecule has 3 atom stereocenters. The zero-order valence-electron chi connectivity index (χ0n) is 13.5. The number of unbranched alkanes of at least 4 members (excludes halogenated alkanes) is 2. The third kappa shape index (κ3) is 10.2. The van der Waals surface area contributed by atoms with Crippen molar-refractivity contribution in [1.82, 2.24) is 0 Å². The molecule has 0 aliphatic rings. The predicted molar refractivity (Wildman–Crippen MR) is 86.7 cm³/mol. The summed E-state index contributed by atoms with van der Waals surface area (Å²) in [6.07, 6.45) is 10.6. The first-order chi connectivity index (χ1) is 9.51. The van der Waals surface area contributed by atoms with Gasteiger partial charge >= 0.3 is 0 Å². The van der Waals surface area contributed by atoms with Crippen LogP contribution in [0.5, 0.6) is 0 Å². The summed E-state index contributed by atoms with van der Waals surface area (Å²) in [7, 11) is 1.63. The van der Waals surface area contributed by atoms with Gasteiger partial charge < -0.3 is 15.6 Å². The SMILES string of the molecule is C=C(C)CCC(N)CCCCC=CC(OC)C(O)CC. The van der Waals surface area contributed by atoms with E-state index in [9.17, 15) is 5.11 Å². The Balaban J connectivity index is 3.67. The van der Waals surface area contributed by atoms with E-state index in [1.807, 2.05) is 13.0 Å². The van der Waals surface area contributed by atoms with Crippen molar-refractivity contribution in [3.8, 4) is 0 Å². The van der Waals surface area contributed by atoms with Crippen LogP contribution in [-0.4, -0.2) is 30.5 Å². The summed E-state index contributed by atoms with van der Waals surface area (Å²) < 4.78 is 5.24. The number of nitrogens with two attached hydrogens (primary N) is 1. The lowest BCUT2D eigenvalue weighted by atomic mass is 10.0. The van der Waals surface area contributed by atoms with E-state index < -0.39 is 6.10 Å². The molecule has 0 radical (unpaired) electrons. The minimum atomic E-state index is -0.410. The van der Waals surface area contributed by atoms with E-state index in [1.54, 1.807) is 7.11 Å². The molecule has 118 valence electrons. The van der Waals surface area contributed by atoms with E-state index >= 15 is 0 Å². The topological polar surface area (TPSA) is 55.5 Å². The smallest absolute Gasteiger partial charge is 0.101 e. The van der Waals surface area contributed by atoms with Crippen LogP contribution >= 0.6 is 0 Å². The molecule has 0 heterocycles. The van der Waals surface area contributed by atoms with Gasteiger partial charge in [-0.1, -0.05) is 31.1 Å². The van der Waals surface area contributed by atoms with Crippen molar-refractivity contribution < 1.29 is 9.84 Å². The fourth-order valence-corrected chi connectivity index (χ4v) is 2.07. The molecule has 0 rings (SSSR count). The van der Waals surface area contributed by atoms with Crippen molar-refractivity contribution >= 4 is 0 Å². The second-order valence-electron chi connectivity index (χ2n) is 5.64. The number of aliphatic hydroxyl groups is 1. The Morgan fingerprint density at radius 2 is 2.05 bits per heavy atom. The third-order valence-corrected chi connectivity index (χ3v) is 3.53. The summed E-state index contributed by atoms with van der Waals surface area (Å²) in [6, 6.07) is 0.296. The van der Waals surface area contributed by atoms with E-state index in [1.165, 1.54) is 5.57 Å². The van der Waals surface area contributed by atoms with Crippen LogP contribution in [0.2, 0.25) is 0 Å². The highest BCUT2D eigenvalue weighted by Gasteiger charge is 2.12. The van der Waals surface area contributed by atoms with Crippen molar-refractivity contribution in [2.75, 3.05) is 7.11 Å². The molecule has 0 aliphatic carbocycles. The lowest BCUT2D eigenvalue weighted by Gasteiger charge is -2.16. The maximum Gasteiger partial charge on any atom is 0.101 e. The molecule has 0 aliphatic heterocycles. The van der Waals surface area contributed by atoms with Crippen molar-refractivity contribution in [1.29, 1.82) is 0 Å². The molecule has 0 amide bonds. The van der Waals surface area contributed by atoms with Crippen LogP contribution in [-0.2, 0) is 4.74 Å². The second-order valence-corrected chi connectivity index (χ2v) is 5.64. The Bertz CT molecular complexity index is 276. The van der Waals surface area contributed by atoms with E-state index in [0.717, 1.165) is 38.5 Å². The maximum atomic E-state index is 9.70. The van der Waals surface area contributed by atoms with Crippen LogP contribution < -0.4 is 5.73 Å². The lowest BCUT2D eigenvalue weighted by Crippen LogP contribution is -2.24. The molecule has 20 heavy (non-hydrogen) atoms. The highest BCUT2D eigenvalue weighted by molar-refractivity contribution is 4.93. The van der Waals surface area contributed by atoms with E-state index in [4.69, 9.17) is 10.5 Å². The number of allylic oxidation sites excluding steroid dienone is 2. The van der Waals surface area contributed by atoms with Crippen molar-refractivity contribution in [3.05, 3.63) is 24.3 Å². The van der Waals surface area contributed by atoms with Gasteiger partial charge in [0.05, 0.1) is 6.10 Å². The van der Waals surface area contributed by atoms with Gasteiger partial charge in [0, 0.05) is 13.2 Å². The molecule has 0 saturated heterocycles. The van der Waals surface area contributed by atoms with Crippen LogP contribution in [0.25, 0.3) is 0 Å². The number of hydrogen-bond acceptors (Lipinski definition) is 3. The molecule has 0 bridgehead atoms. The van der Waals surface area contributed by atoms with Gasteiger partial charge in [-0.2, -0.15) is 0 Å². The largest absolute Gasteiger partial charge is 0.390 e. The van der Waals surface area contributed by atoms with Crippen LogP contribution in [0.3, 0.4) is 0 Å². The number of methoxy groups -OCH3 is 1. The molecule has 0 aromatic carbocycles. The van der Waals surface area contributed by atoms with Crippen LogP contribution in [0.15, 0.2) is 24.3 Å². The summed E-state index contributed by atoms with van der Waals surface area (Å²) in [5.41, 5.74) is 7.26. The number of hydrogen-bond donors (Lipinski definition) is 2. The average molecular weight is 283 g/mol. The van der Waals surface area contributed by atoms with Gasteiger partial charge in [-0.25, -0.2) is 0 Å². The fourth-order valence-electron chi connectivity index (χ4n) is 2.07. The fraction of sp³-hybridized carbons (Fsp3) is 0.765. The Hall–Kier alpha value is -0.640. The third-order valence-electron chi connectivity index (χ3n) is 3.53. The Kier molecular flexibility index (Phi) is 11.7. The first kappa shape index (κ1) is 19.4. The quantitative estimate of drug-likeness (QED) is 0.425. The molecule has 3 N–H and O–H groups in total. The molecular formula is C17H33NO2. The molecule has 0 saturated carbocycles. The first-order valence-corrected chi connectivity index (χ1v) is 7.78. The molecule has 0 fully saturated rings. The zero-order chi connectivity index (χ0) is 15.4. The van der Waals surface area contributed by atoms with Crippen LogP contribution in [0, 0.1) is 0 Å². The maximum absolute atomic E-state index is 9.70. The van der Waals surface area contributed by atoms with Gasteiger partial charge in [0.2, 0.25) is 0 Å². The van der Waals surface area contributed by atoms with Crippen LogP contribution in [0.1, 0.15) is 58.8 Å². The van der Waals surface area contributed by atoms with Gasteiger partial charge in [0.15, 0.2) is 0 Å². The number of rotatable bonds is 12. The summed E-state index contributed by atoms with van der Waals surface area (Å²) >= 11 is 0. The highest BCUT2D eigenvalue weighted by Crippen LogP contribution is 2.11. The first-order valence-electron chi connectivity index (χ1n) is 7.78. The minimum Gasteiger partial charge on any atom is -0.390 e. The molecular weight excluding hydrogens is 250 g/mol. The summed E-state index contributed by atoms with van der Waals surface area (Å²) in [5.74, 6) is 0. The number of ether oxygens (including phenoxy) is 1. The minimum absolute atomic E-state index is 0.183. The standard InChI is InChI=1S/C17H33NO2/c1-5-16(19)17(20-4)11-9-7-6-8-10-15(18)13-12-14(2)3/h9,11,15-17,19H,2,5-8,10,12-13,18H2,1,3-4H3. The molecule has 0 spiro atoms. The van der Waals surface area contributed by atoms with Crippen LogP contribution in [0.4, 0.5) is 0 Å². The van der Waals surface area contributed by atoms with Crippen molar-refractivity contribution in [3.63, 3.8) is 0 Å².